The van der Waals surface area contributed by atoms with Crippen LogP contribution in [0.2, 0.25) is 0 Å². The fourth-order valence-electron chi connectivity index (χ4n) is 1.85. The molecule has 4 nitrogen and oxygen atoms in total. The third-order valence-electron chi connectivity index (χ3n) is 2.77. The van der Waals surface area contributed by atoms with Crippen LogP contribution in [-0.2, 0) is 6.54 Å². The van der Waals surface area contributed by atoms with Crippen molar-refractivity contribution in [2.45, 2.75) is 26.3 Å². The van der Waals surface area contributed by atoms with Crippen LogP contribution in [0.15, 0.2) is 18.5 Å². The van der Waals surface area contributed by atoms with Crippen molar-refractivity contribution >= 4 is 17.4 Å². The molecule has 0 bridgehead atoms. The van der Waals surface area contributed by atoms with Gasteiger partial charge in [0.05, 0.1) is 5.69 Å². The summed E-state index contributed by atoms with van der Waals surface area (Å²) in [5.74, 6) is 1.25. The van der Waals surface area contributed by atoms with Crippen LogP contribution >= 0.6 is 11.8 Å². The number of fused-ring (bicyclic) bond motifs is 1. The average molecular weight is 264 g/mol. The summed E-state index contributed by atoms with van der Waals surface area (Å²) < 4.78 is 1.85. The molecule has 0 aliphatic heterocycles. The van der Waals surface area contributed by atoms with Crippen molar-refractivity contribution in [1.82, 2.24) is 19.9 Å². The molecule has 0 spiro atoms. The number of hydrogen-bond acceptors (Lipinski definition) is 4. The molecule has 1 N–H and O–H groups in total. The Labute approximate surface area is 112 Å². The maximum atomic E-state index is 4.39. The van der Waals surface area contributed by atoms with Crippen molar-refractivity contribution in [2.24, 2.45) is 0 Å². The highest BCUT2D eigenvalue weighted by Crippen LogP contribution is 2.04. The molecule has 2 heterocycles. The van der Waals surface area contributed by atoms with Gasteiger partial charge in [0, 0.05) is 30.6 Å². The van der Waals surface area contributed by atoms with E-state index < -0.39 is 0 Å². The summed E-state index contributed by atoms with van der Waals surface area (Å²) in [5.41, 5.74) is 3.09. The van der Waals surface area contributed by atoms with Crippen LogP contribution in [0.4, 0.5) is 0 Å². The van der Waals surface area contributed by atoms with E-state index in [-0.39, 0.29) is 0 Å². The SMILES string of the molecule is CSCCCCNCc1cnc2cc(C)nn2c1. The number of thioether (sulfide) groups is 1. The molecule has 2 aromatic rings. The lowest BCUT2D eigenvalue weighted by Gasteiger charge is -2.04. The lowest BCUT2D eigenvalue weighted by molar-refractivity contribution is 0.640. The van der Waals surface area contributed by atoms with Crippen LogP contribution in [0, 0.1) is 6.92 Å². The van der Waals surface area contributed by atoms with Crippen LogP contribution in [-0.4, -0.2) is 33.2 Å². The minimum absolute atomic E-state index is 0.862. The first-order valence-electron chi connectivity index (χ1n) is 6.30. The highest BCUT2D eigenvalue weighted by atomic mass is 32.2. The van der Waals surface area contributed by atoms with Crippen molar-refractivity contribution in [3.05, 3.63) is 29.7 Å². The normalized spacial score (nSPS) is 11.2. The van der Waals surface area contributed by atoms with Gasteiger partial charge >= 0.3 is 0 Å². The van der Waals surface area contributed by atoms with Gasteiger partial charge in [-0.25, -0.2) is 9.50 Å². The molecule has 0 saturated heterocycles. The number of nitrogens with one attached hydrogen (secondary N) is 1. The lowest BCUT2D eigenvalue weighted by atomic mass is 10.3. The highest BCUT2D eigenvalue weighted by molar-refractivity contribution is 7.98. The summed E-state index contributed by atoms with van der Waals surface area (Å²) >= 11 is 1.91. The molecule has 2 aromatic heterocycles. The fourth-order valence-corrected chi connectivity index (χ4v) is 2.35. The Kier molecular flexibility index (Phi) is 5.01. The molecule has 0 saturated carbocycles. The molecule has 0 unspecified atom stereocenters. The molecular weight excluding hydrogens is 244 g/mol. The molecule has 18 heavy (non-hydrogen) atoms. The molecule has 0 aliphatic rings. The number of aryl methyl sites for hydroxylation is 1. The maximum absolute atomic E-state index is 4.39. The van der Waals surface area contributed by atoms with E-state index in [1.54, 1.807) is 0 Å². The summed E-state index contributed by atoms with van der Waals surface area (Å²) in [7, 11) is 0. The Morgan fingerprint density at radius 3 is 3.11 bits per heavy atom. The third-order valence-corrected chi connectivity index (χ3v) is 3.47. The Hall–Kier alpha value is -1.07. The molecule has 98 valence electrons. The molecule has 5 heteroatoms. The van der Waals surface area contributed by atoms with E-state index in [0.29, 0.717) is 0 Å². The van der Waals surface area contributed by atoms with E-state index in [1.165, 1.54) is 24.2 Å². The predicted molar refractivity (Wildman–Crippen MR) is 77.0 cm³/mol. The van der Waals surface area contributed by atoms with E-state index in [9.17, 15) is 0 Å². The summed E-state index contributed by atoms with van der Waals surface area (Å²) in [6.45, 7) is 3.91. The zero-order valence-electron chi connectivity index (χ0n) is 11.0. The summed E-state index contributed by atoms with van der Waals surface area (Å²) in [4.78, 5) is 4.39. The van der Waals surface area contributed by atoms with E-state index in [2.05, 4.69) is 21.7 Å². The second-order valence-electron chi connectivity index (χ2n) is 4.43. The zero-order chi connectivity index (χ0) is 12.8. The van der Waals surface area contributed by atoms with Crippen molar-refractivity contribution in [3.63, 3.8) is 0 Å². The van der Waals surface area contributed by atoms with Gasteiger partial charge in [-0.15, -0.1) is 0 Å². The summed E-state index contributed by atoms with van der Waals surface area (Å²) in [6.07, 6.45) is 8.64. The number of rotatable bonds is 7. The van der Waals surface area contributed by atoms with Crippen molar-refractivity contribution in [1.29, 1.82) is 0 Å². The number of hydrogen-bond donors (Lipinski definition) is 1. The minimum Gasteiger partial charge on any atom is -0.313 e. The van der Waals surface area contributed by atoms with Gasteiger partial charge < -0.3 is 5.32 Å². The van der Waals surface area contributed by atoms with Crippen molar-refractivity contribution in [3.8, 4) is 0 Å². The van der Waals surface area contributed by atoms with E-state index in [0.717, 1.165) is 24.4 Å². The fraction of sp³-hybridized carbons (Fsp3) is 0.538. The van der Waals surface area contributed by atoms with E-state index in [4.69, 9.17) is 0 Å². The topological polar surface area (TPSA) is 42.2 Å². The Morgan fingerprint density at radius 1 is 1.39 bits per heavy atom. The van der Waals surface area contributed by atoms with Gasteiger partial charge in [0.2, 0.25) is 0 Å². The quantitative estimate of drug-likeness (QED) is 0.779. The first-order valence-corrected chi connectivity index (χ1v) is 7.69. The largest absolute Gasteiger partial charge is 0.313 e. The molecular formula is C13H20N4S. The number of nitrogens with zero attached hydrogens (tertiary/aromatic N) is 3. The van der Waals surface area contributed by atoms with Gasteiger partial charge in [-0.2, -0.15) is 16.9 Å². The lowest BCUT2D eigenvalue weighted by Crippen LogP contribution is -2.15. The van der Waals surface area contributed by atoms with Crippen LogP contribution in [0.1, 0.15) is 24.1 Å². The minimum atomic E-state index is 0.862. The first kappa shape index (κ1) is 13.4. The number of aromatic nitrogens is 3. The van der Waals surface area contributed by atoms with Crippen molar-refractivity contribution in [2.75, 3.05) is 18.6 Å². The van der Waals surface area contributed by atoms with Crippen LogP contribution in [0.25, 0.3) is 5.65 Å². The van der Waals surface area contributed by atoms with E-state index >= 15 is 0 Å². The Bertz CT molecular complexity index is 495. The molecule has 0 atom stereocenters. The van der Waals surface area contributed by atoms with E-state index in [1.807, 2.05) is 41.7 Å². The molecule has 2 rings (SSSR count). The first-order chi connectivity index (χ1) is 8.79. The van der Waals surface area contributed by atoms with Gasteiger partial charge in [0.1, 0.15) is 0 Å². The number of unbranched alkanes of at least 4 members (excludes halogenated alkanes) is 1. The monoisotopic (exact) mass is 264 g/mol. The smallest absolute Gasteiger partial charge is 0.155 e. The van der Waals surface area contributed by atoms with Gasteiger partial charge in [0.15, 0.2) is 5.65 Å². The van der Waals surface area contributed by atoms with Crippen molar-refractivity contribution < 1.29 is 0 Å². The Balaban J connectivity index is 1.80. The van der Waals surface area contributed by atoms with Crippen LogP contribution < -0.4 is 5.32 Å². The Morgan fingerprint density at radius 2 is 2.28 bits per heavy atom. The molecule has 0 aliphatic carbocycles. The third kappa shape index (κ3) is 3.71. The molecule has 0 amide bonds. The molecule has 0 radical (unpaired) electrons. The zero-order valence-corrected chi connectivity index (χ0v) is 11.8. The standard InChI is InChI=1S/C13H20N4S/c1-11-7-13-15-9-12(10-17(13)16-11)8-14-5-3-4-6-18-2/h7,9-10,14H,3-6,8H2,1-2H3. The van der Waals surface area contributed by atoms with Gasteiger partial charge in [0.25, 0.3) is 0 Å². The van der Waals surface area contributed by atoms with Crippen LogP contribution in [0.5, 0.6) is 0 Å². The highest BCUT2D eigenvalue weighted by Gasteiger charge is 2.00. The summed E-state index contributed by atoms with van der Waals surface area (Å²) in [6, 6.07) is 1.99. The maximum Gasteiger partial charge on any atom is 0.155 e. The second kappa shape index (κ2) is 6.75. The van der Waals surface area contributed by atoms with Crippen LogP contribution in [0.3, 0.4) is 0 Å². The van der Waals surface area contributed by atoms with Gasteiger partial charge in [-0.05, 0) is 38.3 Å². The molecule has 0 aromatic carbocycles. The predicted octanol–water partition coefficient (Wildman–Crippen LogP) is 2.27. The molecule has 0 fully saturated rings. The van der Waals surface area contributed by atoms with Gasteiger partial charge in [-0.1, -0.05) is 0 Å². The average Bonchev–Trinajstić information content (AvgIpc) is 2.73. The summed E-state index contributed by atoms with van der Waals surface area (Å²) in [5, 5.41) is 7.81. The second-order valence-corrected chi connectivity index (χ2v) is 5.41. The van der Waals surface area contributed by atoms with Gasteiger partial charge in [-0.3, -0.25) is 0 Å².